The van der Waals surface area contributed by atoms with Crippen LogP contribution in [0.4, 0.5) is 0 Å². The summed E-state index contributed by atoms with van der Waals surface area (Å²) in [5, 5.41) is 2.23. The second-order valence-electron chi connectivity index (χ2n) is 12.1. The van der Waals surface area contributed by atoms with Crippen molar-refractivity contribution in [1.29, 1.82) is 0 Å². The van der Waals surface area contributed by atoms with E-state index in [-0.39, 0.29) is 33.2 Å². The maximum absolute atomic E-state index is 6.42. The predicted octanol–water partition coefficient (Wildman–Crippen LogP) is 9.61. The zero-order valence-electron chi connectivity index (χ0n) is 25.9. The molecule has 0 N–H and O–H groups in total. The number of benzene rings is 6. The molecule has 1 aliphatic heterocycles. The standard InChI is InChI=1S/C42H25BN2O2S.Pt/c1-3-15-35-31(12-1)32-13-2-4-16-36(32)42(35)27-22-23-44-41(24-27)45-37-17-6-5-14-33(37)34-21-20-30(26-38(34)45)46-29-11-9-10-28(25-29)43-47-39-18-7-8-19-40(39)48-43;/h1-24,42H;/q-2;+2. The molecule has 2 aromatic heterocycles. The van der Waals surface area contributed by atoms with Crippen LogP contribution < -0.4 is 14.9 Å². The molecule has 0 saturated carbocycles. The number of hydrogen-bond donors (Lipinski definition) is 0. The van der Waals surface area contributed by atoms with Crippen molar-refractivity contribution in [3.05, 3.63) is 175 Å². The third-order valence-corrected chi connectivity index (χ3v) is 10.5. The van der Waals surface area contributed by atoms with E-state index in [9.17, 15) is 0 Å². The quantitative estimate of drug-likeness (QED) is 0.128. The van der Waals surface area contributed by atoms with Crippen LogP contribution in [0, 0.1) is 12.1 Å². The van der Waals surface area contributed by atoms with E-state index < -0.39 is 0 Å². The summed E-state index contributed by atoms with van der Waals surface area (Å²) in [5.74, 6) is 3.10. The topological polar surface area (TPSA) is 36.3 Å². The van der Waals surface area contributed by atoms with E-state index in [0.717, 1.165) is 43.7 Å². The number of nitrogens with zero attached hydrogens (tertiary/aromatic N) is 2. The number of aromatic nitrogens is 2. The molecule has 6 aromatic carbocycles. The molecular weight excluding hydrogens is 802 g/mol. The number of rotatable bonds is 5. The van der Waals surface area contributed by atoms with E-state index in [2.05, 4.69) is 114 Å². The number of para-hydroxylation sites is 2. The molecule has 0 bridgehead atoms. The van der Waals surface area contributed by atoms with Crippen molar-refractivity contribution in [1.82, 2.24) is 9.55 Å². The van der Waals surface area contributed by atoms with Crippen molar-refractivity contribution in [3.8, 4) is 34.2 Å². The minimum atomic E-state index is -0.169. The molecule has 0 saturated heterocycles. The van der Waals surface area contributed by atoms with Crippen LogP contribution in [-0.4, -0.2) is 15.7 Å². The van der Waals surface area contributed by atoms with Crippen LogP contribution >= 0.6 is 11.6 Å². The molecule has 49 heavy (non-hydrogen) atoms. The Labute approximate surface area is 303 Å². The fraction of sp³-hybridized carbons (Fsp3) is 0.0238. The first-order valence-electron chi connectivity index (χ1n) is 16.0. The Morgan fingerprint density at radius 2 is 1.43 bits per heavy atom. The van der Waals surface area contributed by atoms with Gasteiger partial charge in [0.1, 0.15) is 11.6 Å². The van der Waals surface area contributed by atoms with Gasteiger partial charge in [-0.3, -0.25) is 0 Å². The zero-order chi connectivity index (χ0) is 31.6. The number of ether oxygens (including phenoxy) is 1. The Morgan fingerprint density at radius 1 is 0.694 bits per heavy atom. The van der Waals surface area contributed by atoms with Gasteiger partial charge in [0.2, 0.25) is 0 Å². The normalized spacial score (nSPS) is 13.1. The predicted molar refractivity (Wildman–Crippen MR) is 194 cm³/mol. The first kappa shape index (κ1) is 30.1. The van der Waals surface area contributed by atoms with E-state index >= 15 is 0 Å². The van der Waals surface area contributed by atoms with Crippen LogP contribution in [0.1, 0.15) is 22.6 Å². The number of pyridine rings is 1. The Balaban J connectivity index is 0.00000325. The molecule has 2 aliphatic rings. The van der Waals surface area contributed by atoms with Gasteiger partial charge in [0.25, 0.3) is 0 Å². The number of fused-ring (bicyclic) bond motifs is 7. The summed E-state index contributed by atoms with van der Waals surface area (Å²) in [6, 6.07) is 55.5. The third kappa shape index (κ3) is 5.01. The molecule has 0 fully saturated rings. The Hall–Kier alpha value is -5.03. The Morgan fingerprint density at radius 3 is 2.27 bits per heavy atom. The number of hydrogen-bond acceptors (Lipinski definition) is 4. The van der Waals surface area contributed by atoms with E-state index in [1.54, 1.807) is 11.6 Å². The molecule has 8 aromatic rings. The minimum absolute atomic E-state index is 0. The SMILES string of the molecule is [Pt+2].[c-]1c(Oc2[c-]c3c(cc2)c2ccccc2n3-c2cc(C3c4ccccc4-c4ccccc43)ccn2)cccc1B1Oc2ccccc2S1. The van der Waals surface area contributed by atoms with Gasteiger partial charge in [0, 0.05) is 34.0 Å². The van der Waals surface area contributed by atoms with Gasteiger partial charge in [-0.05, 0) is 63.5 Å². The van der Waals surface area contributed by atoms with Crippen molar-refractivity contribution in [2.24, 2.45) is 0 Å². The van der Waals surface area contributed by atoms with Gasteiger partial charge >= 0.3 is 27.3 Å². The third-order valence-electron chi connectivity index (χ3n) is 9.30. The smallest absolute Gasteiger partial charge is 0.547 e. The first-order chi connectivity index (χ1) is 23.8. The molecule has 7 heteroatoms. The second-order valence-corrected chi connectivity index (χ2v) is 13.2. The fourth-order valence-electron chi connectivity index (χ4n) is 7.23. The van der Waals surface area contributed by atoms with Crippen molar-refractivity contribution in [2.45, 2.75) is 10.8 Å². The van der Waals surface area contributed by atoms with Gasteiger partial charge in [-0.15, -0.1) is 46.7 Å². The van der Waals surface area contributed by atoms with Crippen LogP contribution in [-0.2, 0) is 21.1 Å². The molecule has 1 aliphatic carbocycles. The largest absolute Gasteiger partial charge is 2.00 e. The summed E-state index contributed by atoms with van der Waals surface area (Å²) in [6.07, 6.45) is 1.76. The summed E-state index contributed by atoms with van der Waals surface area (Å²) in [7, 11) is 0. The molecule has 10 rings (SSSR count). The average molecular weight is 828 g/mol. The molecule has 0 spiro atoms. The van der Waals surface area contributed by atoms with Crippen LogP contribution in [0.15, 0.2) is 151 Å². The average Bonchev–Trinajstić information content (AvgIpc) is 3.82. The van der Waals surface area contributed by atoms with E-state index in [1.807, 2.05) is 48.7 Å². The molecular formula is C42H25BN2O2PtS. The van der Waals surface area contributed by atoms with Gasteiger partial charge in [-0.1, -0.05) is 84.4 Å². The van der Waals surface area contributed by atoms with Crippen LogP contribution in [0.2, 0.25) is 0 Å². The zero-order valence-corrected chi connectivity index (χ0v) is 29.0. The van der Waals surface area contributed by atoms with Crippen LogP contribution in [0.3, 0.4) is 0 Å². The summed E-state index contributed by atoms with van der Waals surface area (Å²) < 4.78 is 14.8. The first-order valence-corrected chi connectivity index (χ1v) is 16.9. The minimum Gasteiger partial charge on any atom is -0.547 e. The maximum atomic E-state index is 6.42. The van der Waals surface area contributed by atoms with Gasteiger partial charge in [-0.25, -0.2) is 4.98 Å². The van der Waals surface area contributed by atoms with Crippen molar-refractivity contribution in [3.63, 3.8) is 0 Å². The van der Waals surface area contributed by atoms with Gasteiger partial charge < -0.3 is 14.0 Å². The maximum Gasteiger partial charge on any atom is 2.00 e. The summed E-state index contributed by atoms with van der Waals surface area (Å²) in [6.45, 7) is 0. The molecule has 0 amide bonds. The molecule has 0 unspecified atom stereocenters. The van der Waals surface area contributed by atoms with Crippen molar-refractivity contribution < 1.29 is 30.5 Å². The molecule has 3 heterocycles. The summed E-state index contributed by atoms with van der Waals surface area (Å²) in [5.41, 5.74) is 9.36. The van der Waals surface area contributed by atoms with Gasteiger partial charge in [0.05, 0.1) is 0 Å². The van der Waals surface area contributed by atoms with Gasteiger partial charge in [0.15, 0.2) is 0 Å². The van der Waals surface area contributed by atoms with Crippen molar-refractivity contribution in [2.75, 3.05) is 0 Å². The van der Waals surface area contributed by atoms with Crippen LogP contribution in [0.25, 0.3) is 38.8 Å². The summed E-state index contributed by atoms with van der Waals surface area (Å²) >= 11 is 1.68. The monoisotopic (exact) mass is 827 g/mol. The van der Waals surface area contributed by atoms with Gasteiger partial charge in [-0.2, -0.15) is 18.2 Å². The summed E-state index contributed by atoms with van der Waals surface area (Å²) in [4.78, 5) is 6.06. The molecule has 4 nitrogen and oxygen atoms in total. The van der Waals surface area contributed by atoms with Crippen LogP contribution in [0.5, 0.6) is 17.2 Å². The van der Waals surface area contributed by atoms with Crippen molar-refractivity contribution >= 4 is 45.1 Å². The molecule has 0 atom stereocenters. The fourth-order valence-corrected chi connectivity index (χ4v) is 8.27. The van der Waals surface area contributed by atoms with E-state index in [1.165, 1.54) is 27.8 Å². The Kier molecular flexibility index (Phi) is 7.45. The molecule has 234 valence electrons. The Bertz CT molecular complexity index is 2480. The molecule has 0 radical (unpaired) electrons. The second kappa shape index (κ2) is 12.1. The van der Waals surface area contributed by atoms with E-state index in [4.69, 9.17) is 14.4 Å². The van der Waals surface area contributed by atoms with E-state index in [0.29, 0.717) is 11.5 Å².